The molecule has 0 aliphatic heterocycles. The summed E-state index contributed by atoms with van der Waals surface area (Å²) in [4.78, 5) is 13.0. The Morgan fingerprint density at radius 1 is 1.14 bits per heavy atom. The van der Waals surface area contributed by atoms with Gasteiger partial charge < -0.3 is 10.4 Å². The fraction of sp³-hybridized carbons (Fsp3) is 0.235. The lowest BCUT2D eigenvalue weighted by Gasteiger charge is -2.29. The molecule has 0 aromatic heterocycles. The van der Waals surface area contributed by atoms with Crippen LogP contribution in [0.2, 0.25) is 0 Å². The van der Waals surface area contributed by atoms with Crippen molar-refractivity contribution in [1.29, 1.82) is 0 Å². The van der Waals surface area contributed by atoms with Crippen LogP contribution >= 0.6 is 11.8 Å². The molecule has 0 bridgehead atoms. The molecule has 0 aliphatic carbocycles. The molecule has 3 nitrogen and oxygen atoms in total. The third kappa shape index (κ3) is 3.28. The molecule has 0 saturated heterocycles. The monoisotopic (exact) mass is 301 g/mol. The van der Waals surface area contributed by atoms with Crippen molar-refractivity contribution in [3.05, 3.63) is 65.7 Å². The molecular weight excluding hydrogens is 282 g/mol. The van der Waals surface area contributed by atoms with E-state index in [1.54, 1.807) is 18.8 Å². The van der Waals surface area contributed by atoms with Gasteiger partial charge >= 0.3 is 5.97 Å². The van der Waals surface area contributed by atoms with E-state index in [1.165, 1.54) is 0 Å². The number of likely N-dealkylation sites (N-methyl/N-ethyl adjacent to an activating group) is 1. The van der Waals surface area contributed by atoms with Crippen molar-refractivity contribution >= 4 is 17.7 Å². The summed E-state index contributed by atoms with van der Waals surface area (Å²) in [5.41, 5.74) is 0.834. The number of carbonyl (C=O) groups is 1. The maximum atomic E-state index is 11.9. The molecule has 21 heavy (non-hydrogen) atoms. The first-order valence-electron chi connectivity index (χ1n) is 6.76. The molecule has 1 unspecified atom stereocenters. The molecule has 0 aliphatic rings. The number of aliphatic carboxylic acids is 1. The Hall–Kier alpha value is -1.78. The Labute approximate surface area is 129 Å². The van der Waals surface area contributed by atoms with Gasteiger partial charge in [0.1, 0.15) is 0 Å². The van der Waals surface area contributed by atoms with E-state index in [2.05, 4.69) is 5.32 Å². The molecule has 2 N–H and O–H groups in total. The summed E-state index contributed by atoms with van der Waals surface area (Å²) in [5.74, 6) is -0.439. The minimum absolute atomic E-state index is 0.424. The summed E-state index contributed by atoms with van der Waals surface area (Å²) in [6.45, 7) is 2.03. The van der Waals surface area contributed by atoms with E-state index in [4.69, 9.17) is 0 Å². The minimum Gasteiger partial charge on any atom is -0.480 e. The lowest BCUT2D eigenvalue weighted by Crippen LogP contribution is -2.49. The van der Waals surface area contributed by atoms with Gasteiger partial charge in [0.25, 0.3) is 0 Å². The first kappa shape index (κ1) is 15.6. The van der Waals surface area contributed by atoms with E-state index in [0.717, 1.165) is 16.0 Å². The highest BCUT2D eigenvalue weighted by Crippen LogP contribution is 2.31. The van der Waals surface area contributed by atoms with Crippen LogP contribution in [0.3, 0.4) is 0 Å². The van der Waals surface area contributed by atoms with Gasteiger partial charge in [0.15, 0.2) is 5.54 Å². The normalized spacial score (nSPS) is 13.6. The first-order chi connectivity index (χ1) is 10.1. The van der Waals surface area contributed by atoms with E-state index >= 15 is 0 Å². The van der Waals surface area contributed by atoms with Crippen LogP contribution in [-0.2, 0) is 10.3 Å². The number of hydrogen-bond acceptors (Lipinski definition) is 3. The Morgan fingerprint density at radius 3 is 2.33 bits per heavy atom. The summed E-state index contributed by atoms with van der Waals surface area (Å²) in [6, 6.07) is 17.3. The van der Waals surface area contributed by atoms with Gasteiger partial charge in [-0.25, -0.2) is 4.79 Å². The Kier molecular flexibility index (Phi) is 5.04. The van der Waals surface area contributed by atoms with Crippen molar-refractivity contribution in [2.24, 2.45) is 0 Å². The zero-order chi connectivity index (χ0) is 15.3. The first-order valence-corrected chi connectivity index (χ1v) is 7.75. The predicted octanol–water partition coefficient (Wildman–Crippen LogP) is 3.29. The predicted molar refractivity (Wildman–Crippen MR) is 86.7 cm³/mol. The van der Waals surface area contributed by atoms with Gasteiger partial charge in [0.2, 0.25) is 0 Å². The van der Waals surface area contributed by atoms with Gasteiger partial charge in [0.05, 0.1) is 0 Å². The number of carboxylic acid groups (broad SMARTS) is 1. The molecular formula is C17H19NO2S. The van der Waals surface area contributed by atoms with Crippen LogP contribution in [0.25, 0.3) is 0 Å². The van der Waals surface area contributed by atoms with Gasteiger partial charge in [-0.1, -0.05) is 48.5 Å². The van der Waals surface area contributed by atoms with Gasteiger partial charge in [-0.2, -0.15) is 0 Å². The number of rotatable bonds is 6. The summed E-state index contributed by atoms with van der Waals surface area (Å²) >= 11 is 1.56. The highest BCUT2D eigenvalue weighted by Gasteiger charge is 2.38. The molecule has 2 aromatic rings. The number of aryl methyl sites for hydroxylation is 1. The second-order valence-electron chi connectivity index (χ2n) is 4.88. The second kappa shape index (κ2) is 6.78. The molecule has 0 radical (unpaired) electrons. The lowest BCUT2D eigenvalue weighted by atomic mass is 9.92. The molecule has 1 atom stereocenters. The molecule has 0 saturated carbocycles. The van der Waals surface area contributed by atoms with E-state index in [1.807, 2.05) is 61.5 Å². The molecule has 2 aromatic carbocycles. The van der Waals surface area contributed by atoms with Crippen LogP contribution in [0, 0.1) is 6.92 Å². The summed E-state index contributed by atoms with van der Waals surface area (Å²) in [7, 11) is 1.69. The average Bonchev–Trinajstić information content (AvgIpc) is 2.51. The van der Waals surface area contributed by atoms with Crippen molar-refractivity contribution in [1.82, 2.24) is 5.32 Å². The second-order valence-corrected chi connectivity index (χ2v) is 5.90. The summed E-state index contributed by atoms with van der Waals surface area (Å²) < 4.78 is 0. The molecule has 2 rings (SSSR count). The smallest absolute Gasteiger partial charge is 0.329 e. The third-order valence-corrected chi connectivity index (χ3v) is 4.94. The topological polar surface area (TPSA) is 49.3 Å². The van der Waals surface area contributed by atoms with Crippen LogP contribution < -0.4 is 5.32 Å². The Balaban J connectivity index is 2.30. The van der Waals surface area contributed by atoms with Crippen LogP contribution in [0.15, 0.2) is 59.5 Å². The average molecular weight is 301 g/mol. The largest absolute Gasteiger partial charge is 0.480 e. The molecule has 0 fully saturated rings. The number of thioether (sulfide) groups is 1. The maximum Gasteiger partial charge on any atom is 0.329 e. The van der Waals surface area contributed by atoms with Gasteiger partial charge in [-0.3, -0.25) is 0 Å². The van der Waals surface area contributed by atoms with E-state index < -0.39 is 11.5 Å². The maximum absolute atomic E-state index is 11.9. The van der Waals surface area contributed by atoms with Crippen LogP contribution in [0.5, 0.6) is 0 Å². The molecule has 0 heterocycles. The number of carboxylic acids is 1. The highest BCUT2D eigenvalue weighted by molar-refractivity contribution is 7.99. The minimum atomic E-state index is -1.09. The quantitative estimate of drug-likeness (QED) is 0.804. The van der Waals surface area contributed by atoms with Crippen molar-refractivity contribution < 1.29 is 9.90 Å². The summed E-state index contributed by atoms with van der Waals surface area (Å²) in [5, 5.41) is 12.7. The zero-order valence-corrected chi connectivity index (χ0v) is 13.0. The van der Waals surface area contributed by atoms with Crippen molar-refractivity contribution in [3.63, 3.8) is 0 Å². The van der Waals surface area contributed by atoms with Crippen LogP contribution in [0.4, 0.5) is 0 Å². The van der Waals surface area contributed by atoms with Crippen LogP contribution in [-0.4, -0.2) is 23.9 Å². The molecule has 4 heteroatoms. The number of hydrogen-bond donors (Lipinski definition) is 2. The van der Waals surface area contributed by atoms with Crippen molar-refractivity contribution in [3.8, 4) is 0 Å². The van der Waals surface area contributed by atoms with E-state index in [9.17, 15) is 9.90 Å². The molecule has 110 valence electrons. The summed E-state index contributed by atoms with van der Waals surface area (Å²) in [6.07, 6.45) is 0. The lowest BCUT2D eigenvalue weighted by molar-refractivity contribution is -0.144. The molecule has 0 spiro atoms. The fourth-order valence-corrected chi connectivity index (χ4v) is 3.50. The van der Waals surface area contributed by atoms with Gasteiger partial charge in [-0.15, -0.1) is 11.8 Å². The number of benzene rings is 2. The standard InChI is InChI=1S/C17H19NO2S/c1-13-8-6-7-11-15(13)21-12-17(18-2,16(19)20)14-9-4-3-5-10-14/h3-11,18H,12H2,1-2H3,(H,19,20). The number of nitrogens with one attached hydrogen (secondary N) is 1. The van der Waals surface area contributed by atoms with Crippen LogP contribution in [0.1, 0.15) is 11.1 Å². The third-order valence-electron chi connectivity index (χ3n) is 3.60. The van der Waals surface area contributed by atoms with Crippen molar-refractivity contribution in [2.45, 2.75) is 17.4 Å². The van der Waals surface area contributed by atoms with E-state index in [0.29, 0.717) is 5.75 Å². The SMILES string of the molecule is CNC(CSc1ccccc1C)(C(=O)O)c1ccccc1. The zero-order valence-electron chi connectivity index (χ0n) is 12.2. The fourth-order valence-electron chi connectivity index (χ4n) is 2.22. The Bertz CT molecular complexity index is 615. The van der Waals surface area contributed by atoms with E-state index in [-0.39, 0.29) is 0 Å². The molecule has 0 amide bonds. The van der Waals surface area contributed by atoms with Crippen molar-refractivity contribution in [2.75, 3.05) is 12.8 Å². The highest BCUT2D eigenvalue weighted by atomic mass is 32.2. The Morgan fingerprint density at radius 2 is 1.76 bits per heavy atom. The van der Waals surface area contributed by atoms with Gasteiger partial charge in [0, 0.05) is 10.6 Å². The van der Waals surface area contributed by atoms with Gasteiger partial charge in [-0.05, 0) is 31.2 Å².